The molecule has 0 aromatic heterocycles. The molecule has 1 saturated heterocycles. The first-order valence-electron chi connectivity index (χ1n) is 10.2. The molecule has 1 aromatic carbocycles. The van der Waals surface area contributed by atoms with Gasteiger partial charge >= 0.3 is 0 Å². The Bertz CT molecular complexity index is 585. The number of rotatable bonds is 6. The van der Waals surface area contributed by atoms with Crippen molar-refractivity contribution in [2.75, 3.05) is 26.7 Å². The predicted octanol–water partition coefficient (Wildman–Crippen LogP) is 3.71. The van der Waals surface area contributed by atoms with Gasteiger partial charge in [-0.1, -0.05) is 42.0 Å². The largest absolute Gasteiger partial charge is 0.356 e. The number of hydrogen-bond acceptors (Lipinski definition) is 2. The highest BCUT2D eigenvalue weighted by atomic mass is 15.2. The summed E-state index contributed by atoms with van der Waals surface area (Å²) in [6.45, 7) is 4.35. The minimum atomic E-state index is 0.530. The zero-order chi connectivity index (χ0) is 18.0. The molecule has 0 spiro atoms. The maximum absolute atomic E-state index is 4.41. The third-order valence-electron chi connectivity index (χ3n) is 5.52. The Kier molecular flexibility index (Phi) is 7.56. The van der Waals surface area contributed by atoms with Crippen molar-refractivity contribution in [3.8, 4) is 0 Å². The fraction of sp³-hybridized carbons (Fsp3) is 0.591. The molecule has 0 bridgehead atoms. The van der Waals surface area contributed by atoms with E-state index in [0.29, 0.717) is 6.04 Å². The van der Waals surface area contributed by atoms with E-state index in [2.05, 4.69) is 56.9 Å². The van der Waals surface area contributed by atoms with E-state index in [4.69, 9.17) is 0 Å². The van der Waals surface area contributed by atoms with Crippen LogP contribution in [0.5, 0.6) is 0 Å². The fourth-order valence-electron chi connectivity index (χ4n) is 3.94. The maximum atomic E-state index is 4.41. The van der Waals surface area contributed by atoms with Crippen LogP contribution < -0.4 is 10.6 Å². The molecule has 4 nitrogen and oxygen atoms in total. The number of guanidine groups is 1. The first-order valence-corrected chi connectivity index (χ1v) is 10.2. The molecule has 142 valence electrons. The molecular formula is C22H34N4. The Balaban J connectivity index is 1.35. The molecule has 1 aliphatic heterocycles. The van der Waals surface area contributed by atoms with Crippen molar-refractivity contribution in [1.82, 2.24) is 15.5 Å². The monoisotopic (exact) mass is 354 g/mol. The fourth-order valence-corrected chi connectivity index (χ4v) is 3.94. The lowest BCUT2D eigenvalue weighted by Gasteiger charge is -2.33. The summed E-state index contributed by atoms with van der Waals surface area (Å²) >= 11 is 0. The smallest absolute Gasteiger partial charge is 0.191 e. The van der Waals surface area contributed by atoms with Crippen LogP contribution in [0.3, 0.4) is 0 Å². The SMILES string of the molecule is CN=C(NCCC1=CCCCC1)NC1CCN(Cc2ccccc2)CC1. The second-order valence-electron chi connectivity index (χ2n) is 7.54. The molecular weight excluding hydrogens is 320 g/mol. The Morgan fingerprint density at radius 3 is 2.65 bits per heavy atom. The van der Waals surface area contributed by atoms with Crippen LogP contribution in [0.1, 0.15) is 50.5 Å². The number of likely N-dealkylation sites (tertiary alicyclic amines) is 1. The van der Waals surface area contributed by atoms with Crippen molar-refractivity contribution in [1.29, 1.82) is 0 Å². The van der Waals surface area contributed by atoms with Gasteiger partial charge in [0.2, 0.25) is 0 Å². The number of benzene rings is 1. The molecule has 1 fully saturated rings. The summed E-state index contributed by atoms with van der Waals surface area (Å²) in [4.78, 5) is 6.97. The van der Waals surface area contributed by atoms with Crippen molar-refractivity contribution in [2.24, 2.45) is 4.99 Å². The quantitative estimate of drug-likeness (QED) is 0.465. The molecule has 3 rings (SSSR count). The van der Waals surface area contributed by atoms with E-state index in [0.717, 1.165) is 38.6 Å². The number of allylic oxidation sites excluding steroid dienone is 1. The van der Waals surface area contributed by atoms with Gasteiger partial charge in [0.1, 0.15) is 0 Å². The number of nitrogens with zero attached hydrogens (tertiary/aromatic N) is 2. The van der Waals surface area contributed by atoms with Crippen LogP contribution in [0, 0.1) is 0 Å². The van der Waals surface area contributed by atoms with Gasteiger partial charge in [0.25, 0.3) is 0 Å². The summed E-state index contributed by atoms with van der Waals surface area (Å²) in [5, 5.41) is 7.12. The van der Waals surface area contributed by atoms with Crippen molar-refractivity contribution < 1.29 is 0 Å². The first kappa shape index (κ1) is 19.0. The Morgan fingerprint density at radius 2 is 1.96 bits per heavy atom. The molecule has 26 heavy (non-hydrogen) atoms. The van der Waals surface area contributed by atoms with Gasteiger partial charge in [-0.05, 0) is 50.5 Å². The van der Waals surface area contributed by atoms with Crippen molar-refractivity contribution in [3.63, 3.8) is 0 Å². The molecule has 1 aromatic rings. The molecule has 0 radical (unpaired) electrons. The topological polar surface area (TPSA) is 39.7 Å². The molecule has 0 unspecified atom stereocenters. The van der Waals surface area contributed by atoms with Crippen LogP contribution in [-0.2, 0) is 6.54 Å². The van der Waals surface area contributed by atoms with Crippen LogP contribution in [0.15, 0.2) is 47.0 Å². The lowest BCUT2D eigenvalue weighted by atomic mass is 9.97. The van der Waals surface area contributed by atoms with Gasteiger partial charge in [0.15, 0.2) is 5.96 Å². The molecule has 1 heterocycles. The zero-order valence-corrected chi connectivity index (χ0v) is 16.2. The van der Waals surface area contributed by atoms with Crippen molar-refractivity contribution >= 4 is 5.96 Å². The predicted molar refractivity (Wildman–Crippen MR) is 110 cm³/mol. The van der Waals surface area contributed by atoms with E-state index in [1.54, 1.807) is 5.57 Å². The van der Waals surface area contributed by atoms with Gasteiger partial charge in [0, 0.05) is 39.3 Å². The van der Waals surface area contributed by atoms with Gasteiger partial charge in [0.05, 0.1) is 0 Å². The Labute approximate surface area is 158 Å². The molecule has 4 heteroatoms. The minimum absolute atomic E-state index is 0.530. The highest BCUT2D eigenvalue weighted by molar-refractivity contribution is 5.79. The van der Waals surface area contributed by atoms with Gasteiger partial charge in [-0.25, -0.2) is 0 Å². The summed E-state index contributed by atoms with van der Waals surface area (Å²) in [6, 6.07) is 11.3. The highest BCUT2D eigenvalue weighted by Crippen LogP contribution is 2.19. The number of piperidine rings is 1. The van der Waals surface area contributed by atoms with Crippen LogP contribution in [0.2, 0.25) is 0 Å². The highest BCUT2D eigenvalue weighted by Gasteiger charge is 2.20. The Morgan fingerprint density at radius 1 is 1.15 bits per heavy atom. The average molecular weight is 355 g/mol. The summed E-state index contributed by atoms with van der Waals surface area (Å²) in [5.74, 6) is 0.961. The molecule has 1 aliphatic carbocycles. The van der Waals surface area contributed by atoms with E-state index < -0.39 is 0 Å². The lowest BCUT2D eigenvalue weighted by molar-refractivity contribution is 0.198. The standard InChI is InChI=1S/C22H34N4/c1-23-22(24-15-12-19-8-4-2-5-9-19)25-21-13-16-26(17-14-21)18-20-10-6-3-7-11-20/h3,6-8,10-11,21H,2,4-5,9,12-18H2,1H3,(H2,23,24,25). The molecule has 0 amide bonds. The van der Waals surface area contributed by atoms with Crippen LogP contribution in [0.4, 0.5) is 0 Å². The third kappa shape index (κ3) is 6.17. The zero-order valence-electron chi connectivity index (χ0n) is 16.2. The average Bonchev–Trinajstić information content (AvgIpc) is 2.70. The van der Waals surface area contributed by atoms with E-state index in [-0.39, 0.29) is 0 Å². The first-order chi connectivity index (χ1) is 12.8. The van der Waals surface area contributed by atoms with Crippen molar-refractivity contribution in [2.45, 2.75) is 57.5 Å². The molecule has 2 N–H and O–H groups in total. The number of aliphatic imine (C=N–C) groups is 1. The van der Waals surface area contributed by atoms with Gasteiger partial charge in [-0.2, -0.15) is 0 Å². The van der Waals surface area contributed by atoms with E-state index >= 15 is 0 Å². The van der Waals surface area contributed by atoms with E-state index in [9.17, 15) is 0 Å². The van der Waals surface area contributed by atoms with Gasteiger partial charge in [-0.15, -0.1) is 0 Å². The summed E-state index contributed by atoms with van der Waals surface area (Å²) < 4.78 is 0. The number of hydrogen-bond donors (Lipinski definition) is 2. The van der Waals surface area contributed by atoms with Crippen LogP contribution in [-0.4, -0.2) is 43.6 Å². The van der Waals surface area contributed by atoms with Crippen LogP contribution >= 0.6 is 0 Å². The van der Waals surface area contributed by atoms with Crippen LogP contribution in [0.25, 0.3) is 0 Å². The normalized spacial score (nSPS) is 19.9. The maximum Gasteiger partial charge on any atom is 0.191 e. The summed E-state index contributed by atoms with van der Waals surface area (Å²) in [7, 11) is 1.87. The summed E-state index contributed by atoms with van der Waals surface area (Å²) in [5.41, 5.74) is 3.03. The second kappa shape index (κ2) is 10.4. The van der Waals surface area contributed by atoms with E-state index in [1.807, 2.05) is 7.05 Å². The van der Waals surface area contributed by atoms with Crippen molar-refractivity contribution in [3.05, 3.63) is 47.5 Å². The lowest BCUT2D eigenvalue weighted by Crippen LogP contribution is -2.48. The molecule has 0 atom stereocenters. The second-order valence-corrected chi connectivity index (χ2v) is 7.54. The summed E-state index contributed by atoms with van der Waals surface area (Å²) in [6.07, 6.45) is 11.2. The van der Waals surface area contributed by atoms with Gasteiger partial charge in [-0.3, -0.25) is 9.89 Å². The molecule has 0 saturated carbocycles. The molecule has 2 aliphatic rings. The van der Waals surface area contributed by atoms with E-state index in [1.165, 1.54) is 44.1 Å². The van der Waals surface area contributed by atoms with Gasteiger partial charge < -0.3 is 10.6 Å². The third-order valence-corrected chi connectivity index (χ3v) is 5.52. The minimum Gasteiger partial charge on any atom is -0.356 e. The Hall–Kier alpha value is -1.81. The number of nitrogens with one attached hydrogen (secondary N) is 2.